The Kier molecular flexibility index (Phi) is 16.1. The van der Waals surface area contributed by atoms with Crippen LogP contribution >= 0.6 is 0 Å². The third-order valence-corrected chi connectivity index (χ3v) is 4.13. The van der Waals surface area contributed by atoms with Gasteiger partial charge in [0.2, 0.25) is 0 Å². The molecule has 0 atom stereocenters. The van der Waals surface area contributed by atoms with Crippen LogP contribution < -0.4 is 0 Å². The lowest BCUT2D eigenvalue weighted by atomic mass is 10.3. The molecule has 0 N–H and O–H groups in total. The fraction of sp³-hybridized carbons (Fsp3) is 0.714. The minimum absolute atomic E-state index is 0.249. The molecular formula is C21H34N2O4. The fourth-order valence-electron chi connectivity index (χ4n) is 2.48. The van der Waals surface area contributed by atoms with Gasteiger partial charge in [-0.05, 0) is 32.6 Å². The number of rotatable bonds is 16. The minimum Gasteiger partial charge on any atom is -0.465 e. The van der Waals surface area contributed by atoms with Crippen LogP contribution in [0.4, 0.5) is 0 Å². The van der Waals surface area contributed by atoms with E-state index in [2.05, 4.69) is 35.5 Å². The lowest BCUT2D eigenvalue weighted by Crippen LogP contribution is -2.33. The summed E-state index contributed by atoms with van der Waals surface area (Å²) in [5.74, 6) is 4.33. The van der Waals surface area contributed by atoms with E-state index in [-0.39, 0.29) is 38.0 Å². The van der Waals surface area contributed by atoms with Crippen molar-refractivity contribution < 1.29 is 19.1 Å². The zero-order valence-corrected chi connectivity index (χ0v) is 16.9. The Labute approximate surface area is 164 Å². The minimum atomic E-state index is -0.268. The van der Waals surface area contributed by atoms with Crippen molar-refractivity contribution in [3.8, 4) is 24.7 Å². The Morgan fingerprint density at radius 3 is 1.63 bits per heavy atom. The summed E-state index contributed by atoms with van der Waals surface area (Å²) in [4.78, 5) is 28.0. The number of carbonyl (C=O) groups is 2. The largest absolute Gasteiger partial charge is 0.465 e. The number of hydrogen-bond donors (Lipinski definition) is 0. The second-order valence-corrected chi connectivity index (χ2v) is 6.07. The van der Waals surface area contributed by atoms with E-state index in [0.717, 1.165) is 32.6 Å². The average Bonchev–Trinajstić information content (AvgIpc) is 2.67. The Morgan fingerprint density at radius 2 is 1.22 bits per heavy atom. The molecule has 27 heavy (non-hydrogen) atoms. The monoisotopic (exact) mass is 378 g/mol. The van der Waals surface area contributed by atoms with E-state index in [1.807, 2.05) is 0 Å². The van der Waals surface area contributed by atoms with Crippen molar-refractivity contribution in [3.63, 3.8) is 0 Å². The predicted octanol–water partition coefficient (Wildman–Crippen LogP) is 1.93. The summed E-state index contributed by atoms with van der Waals surface area (Å²) < 4.78 is 10.1. The van der Waals surface area contributed by atoms with E-state index in [1.165, 1.54) is 0 Å². The van der Waals surface area contributed by atoms with Crippen molar-refractivity contribution in [1.82, 2.24) is 9.80 Å². The molecule has 0 aliphatic heterocycles. The standard InChI is InChI=1S/C21H34N2O4/c1-5-9-18-26-20(24)12-16-23(15-11-14-22(7-3)8-4)17-13-21(25)27-19-10-6-2/h1-2H,7-19H2,3-4H3. The summed E-state index contributed by atoms with van der Waals surface area (Å²) in [7, 11) is 0. The highest BCUT2D eigenvalue weighted by Gasteiger charge is 2.12. The highest BCUT2D eigenvalue weighted by molar-refractivity contribution is 5.70. The molecule has 0 spiro atoms. The maximum atomic E-state index is 11.8. The van der Waals surface area contributed by atoms with Crippen molar-refractivity contribution in [2.45, 2.75) is 46.0 Å². The molecule has 0 saturated carbocycles. The first-order valence-corrected chi connectivity index (χ1v) is 9.70. The average molecular weight is 379 g/mol. The van der Waals surface area contributed by atoms with Crippen LogP contribution in [0.1, 0.15) is 46.0 Å². The summed E-state index contributed by atoms with van der Waals surface area (Å²) in [6, 6.07) is 0. The molecule has 0 rings (SSSR count). The molecule has 0 aliphatic carbocycles. The smallest absolute Gasteiger partial charge is 0.307 e. The summed E-state index contributed by atoms with van der Waals surface area (Å²) >= 11 is 0. The van der Waals surface area contributed by atoms with Crippen LogP contribution in [0.25, 0.3) is 0 Å². The van der Waals surface area contributed by atoms with Gasteiger partial charge < -0.3 is 19.3 Å². The fourth-order valence-corrected chi connectivity index (χ4v) is 2.48. The number of ether oxygens (including phenoxy) is 2. The number of nitrogens with zero attached hydrogens (tertiary/aromatic N) is 2. The van der Waals surface area contributed by atoms with E-state index in [1.54, 1.807) is 0 Å². The van der Waals surface area contributed by atoms with Crippen LogP contribution in [0.3, 0.4) is 0 Å². The lowest BCUT2D eigenvalue weighted by Gasteiger charge is -2.24. The maximum absolute atomic E-state index is 11.8. The van der Waals surface area contributed by atoms with Gasteiger partial charge in [0, 0.05) is 25.9 Å². The number of hydrogen-bond acceptors (Lipinski definition) is 6. The quantitative estimate of drug-likeness (QED) is 0.232. The molecule has 0 unspecified atom stereocenters. The van der Waals surface area contributed by atoms with Gasteiger partial charge in [0.15, 0.2) is 0 Å². The van der Waals surface area contributed by atoms with Crippen LogP contribution in [0.5, 0.6) is 0 Å². The Balaban J connectivity index is 4.34. The maximum Gasteiger partial charge on any atom is 0.307 e. The van der Waals surface area contributed by atoms with Gasteiger partial charge in [-0.3, -0.25) is 9.59 Å². The SMILES string of the molecule is C#CCCOC(=O)CCN(CCCN(CC)CC)CCC(=O)OCCC#C. The molecule has 0 aromatic rings. The van der Waals surface area contributed by atoms with Gasteiger partial charge in [0.25, 0.3) is 0 Å². The summed E-state index contributed by atoms with van der Waals surface area (Å²) in [6.07, 6.45) is 12.7. The van der Waals surface area contributed by atoms with Crippen molar-refractivity contribution in [3.05, 3.63) is 0 Å². The zero-order chi connectivity index (χ0) is 20.3. The van der Waals surface area contributed by atoms with Crippen molar-refractivity contribution in [1.29, 1.82) is 0 Å². The molecule has 6 heteroatoms. The Hall–Kier alpha value is -2.02. The first-order chi connectivity index (χ1) is 13.1. The molecule has 0 bridgehead atoms. The van der Waals surface area contributed by atoms with E-state index in [9.17, 15) is 9.59 Å². The van der Waals surface area contributed by atoms with Crippen LogP contribution in [0.2, 0.25) is 0 Å². The molecule has 0 aromatic carbocycles. The molecular weight excluding hydrogens is 344 g/mol. The predicted molar refractivity (Wildman–Crippen MR) is 107 cm³/mol. The van der Waals surface area contributed by atoms with Crippen LogP contribution in [-0.2, 0) is 19.1 Å². The van der Waals surface area contributed by atoms with Crippen molar-refractivity contribution in [2.24, 2.45) is 0 Å². The number of carbonyl (C=O) groups excluding carboxylic acids is 2. The summed E-state index contributed by atoms with van der Waals surface area (Å²) in [5, 5.41) is 0. The number of terminal acetylenes is 2. The van der Waals surface area contributed by atoms with Gasteiger partial charge in [-0.1, -0.05) is 13.8 Å². The molecule has 0 radical (unpaired) electrons. The molecule has 0 fully saturated rings. The van der Waals surface area contributed by atoms with E-state index >= 15 is 0 Å². The molecule has 152 valence electrons. The zero-order valence-electron chi connectivity index (χ0n) is 16.9. The lowest BCUT2D eigenvalue weighted by molar-refractivity contribution is -0.143. The summed E-state index contributed by atoms with van der Waals surface area (Å²) in [5.41, 5.74) is 0. The summed E-state index contributed by atoms with van der Waals surface area (Å²) in [6.45, 7) is 9.69. The second-order valence-electron chi connectivity index (χ2n) is 6.07. The molecule has 0 amide bonds. The number of esters is 2. The third-order valence-electron chi connectivity index (χ3n) is 4.13. The van der Waals surface area contributed by atoms with Gasteiger partial charge in [-0.2, -0.15) is 0 Å². The molecule has 6 nitrogen and oxygen atoms in total. The third kappa shape index (κ3) is 14.8. The van der Waals surface area contributed by atoms with Crippen LogP contribution in [-0.4, -0.2) is 74.2 Å². The van der Waals surface area contributed by atoms with Gasteiger partial charge in [-0.25, -0.2) is 0 Å². The molecule has 0 aromatic heterocycles. The van der Waals surface area contributed by atoms with Crippen molar-refractivity contribution >= 4 is 11.9 Å². The molecule has 0 heterocycles. The first-order valence-electron chi connectivity index (χ1n) is 9.70. The van der Waals surface area contributed by atoms with E-state index in [4.69, 9.17) is 22.3 Å². The highest BCUT2D eigenvalue weighted by Crippen LogP contribution is 2.02. The van der Waals surface area contributed by atoms with Gasteiger partial charge in [0.05, 0.1) is 12.8 Å². The molecule has 0 aliphatic rings. The van der Waals surface area contributed by atoms with Crippen LogP contribution in [0.15, 0.2) is 0 Å². The Morgan fingerprint density at radius 1 is 0.778 bits per heavy atom. The molecule has 0 saturated heterocycles. The van der Waals surface area contributed by atoms with Gasteiger partial charge >= 0.3 is 11.9 Å². The second kappa shape index (κ2) is 17.4. The van der Waals surface area contributed by atoms with Gasteiger partial charge in [-0.15, -0.1) is 24.7 Å². The van der Waals surface area contributed by atoms with Crippen molar-refractivity contribution in [2.75, 3.05) is 52.5 Å². The highest BCUT2D eigenvalue weighted by atomic mass is 16.5. The van der Waals surface area contributed by atoms with Gasteiger partial charge in [0.1, 0.15) is 13.2 Å². The first kappa shape index (κ1) is 25.0. The Bertz CT molecular complexity index is 453. The van der Waals surface area contributed by atoms with Crippen LogP contribution in [0, 0.1) is 24.7 Å². The topological polar surface area (TPSA) is 59.1 Å². The van der Waals surface area contributed by atoms with E-state index in [0.29, 0.717) is 25.9 Å². The normalized spacial score (nSPS) is 10.4. The van der Waals surface area contributed by atoms with E-state index < -0.39 is 0 Å².